The number of rotatable bonds is 8. The maximum absolute atomic E-state index is 14.0. The molecule has 0 saturated carbocycles. The topological polar surface area (TPSA) is 62.2 Å². The Hall–Kier alpha value is -7.41. The minimum Gasteiger partial charge on any atom is -0.459 e. The Balaban J connectivity index is 1.13. The number of ether oxygens (including phenoxy) is 2. The van der Waals surface area contributed by atoms with Crippen molar-refractivity contribution in [2.75, 3.05) is 9.80 Å². The van der Waals surface area contributed by atoms with Crippen molar-refractivity contribution in [3.05, 3.63) is 216 Å². The van der Waals surface area contributed by atoms with Gasteiger partial charge in [0, 0.05) is 44.6 Å². The van der Waals surface area contributed by atoms with E-state index in [1.54, 1.807) is 0 Å². The molecule has 2 heterocycles. The van der Waals surface area contributed by atoms with E-state index in [4.69, 9.17) is 9.47 Å². The van der Waals surface area contributed by atoms with Crippen LogP contribution in [0.15, 0.2) is 205 Å². The zero-order valence-corrected chi connectivity index (χ0v) is 30.1. The third-order valence-electron chi connectivity index (χ3n) is 10.4. The lowest BCUT2D eigenvalue weighted by Gasteiger charge is -2.27. The molecule has 0 aromatic heterocycles. The first-order valence-corrected chi connectivity index (χ1v) is 18.6. The summed E-state index contributed by atoms with van der Waals surface area (Å²) in [5.74, 6) is 0.0243. The number of nitrogens with zero attached hydrogens (tertiary/aromatic N) is 2. The van der Waals surface area contributed by atoms with E-state index in [0.717, 1.165) is 55.7 Å². The van der Waals surface area contributed by atoms with Crippen molar-refractivity contribution in [2.24, 2.45) is 0 Å². The Morgan fingerprint density at radius 3 is 1.18 bits per heavy atom. The van der Waals surface area contributed by atoms with Gasteiger partial charge < -0.3 is 24.4 Å². The van der Waals surface area contributed by atoms with Crippen molar-refractivity contribution in [3.63, 3.8) is 0 Å². The second kappa shape index (κ2) is 13.8. The molecule has 1 atom stereocenters. The van der Waals surface area contributed by atoms with Crippen LogP contribution < -0.4 is 9.80 Å². The van der Waals surface area contributed by atoms with Crippen LogP contribution in [0, 0.1) is 0 Å². The van der Waals surface area contributed by atoms with Crippen LogP contribution in [-0.2, 0) is 14.3 Å². The molecule has 6 heteroatoms. The highest BCUT2D eigenvalue weighted by atomic mass is 16.6. The van der Waals surface area contributed by atoms with E-state index in [9.17, 15) is 9.90 Å². The number of carbonyl (C=O) groups is 1. The molecule has 0 radical (unpaired) electrons. The highest BCUT2D eigenvalue weighted by molar-refractivity contribution is 6.16. The zero-order chi connectivity index (χ0) is 37.6. The number of aliphatic hydroxyl groups excluding tert-OH is 1. The lowest BCUT2D eigenvalue weighted by molar-refractivity contribution is -0.130. The number of carbonyl (C=O) groups excluding carboxylic acids is 1. The van der Waals surface area contributed by atoms with Crippen molar-refractivity contribution in [1.29, 1.82) is 0 Å². The molecule has 0 spiro atoms. The van der Waals surface area contributed by atoms with E-state index in [1.807, 2.05) is 133 Å². The second-order valence-electron chi connectivity index (χ2n) is 13.7. The van der Waals surface area contributed by atoms with Gasteiger partial charge in [0.2, 0.25) is 6.29 Å². The van der Waals surface area contributed by atoms with E-state index in [1.165, 1.54) is 0 Å². The van der Waals surface area contributed by atoms with Gasteiger partial charge in [-0.2, -0.15) is 0 Å². The van der Waals surface area contributed by atoms with Crippen LogP contribution in [0.5, 0.6) is 0 Å². The van der Waals surface area contributed by atoms with Gasteiger partial charge in [0.05, 0.1) is 16.9 Å². The highest BCUT2D eigenvalue weighted by Gasteiger charge is 2.45. The average Bonchev–Trinajstić information content (AvgIpc) is 3.79. The van der Waals surface area contributed by atoms with Crippen LogP contribution in [0.3, 0.4) is 0 Å². The molecule has 0 fully saturated rings. The number of hydrogen-bond acceptors (Lipinski definition) is 6. The van der Waals surface area contributed by atoms with Gasteiger partial charge in [-0.25, -0.2) is 4.79 Å². The number of aliphatic hydroxyl groups is 1. The van der Waals surface area contributed by atoms with Gasteiger partial charge in [0.25, 0.3) is 0 Å². The van der Waals surface area contributed by atoms with Gasteiger partial charge in [0.15, 0.2) is 0 Å². The lowest BCUT2D eigenvalue weighted by atomic mass is 9.95. The molecule has 8 aromatic rings. The van der Waals surface area contributed by atoms with Gasteiger partial charge in [-0.05, 0) is 83.6 Å². The van der Waals surface area contributed by atoms with Crippen LogP contribution in [0.2, 0.25) is 0 Å². The monoisotopic (exact) mass is 726 g/mol. The number of benzene rings is 8. The first-order chi connectivity index (χ1) is 27.7. The van der Waals surface area contributed by atoms with Crippen molar-refractivity contribution >= 4 is 73.2 Å². The minimum absolute atomic E-state index is 0.233. The van der Waals surface area contributed by atoms with Gasteiger partial charge in [-0.15, -0.1) is 0 Å². The second-order valence-corrected chi connectivity index (χ2v) is 13.7. The molecular weight excluding hydrogens is 693 g/mol. The maximum atomic E-state index is 14.0. The quantitative estimate of drug-likeness (QED) is 0.157. The minimum atomic E-state index is -1.41. The Morgan fingerprint density at radius 1 is 0.411 bits per heavy atom. The fraction of sp³-hybridized carbons (Fsp3) is 0.0200. The smallest absolute Gasteiger partial charge is 0.348 e. The summed E-state index contributed by atoms with van der Waals surface area (Å²) in [6.45, 7) is 0. The number of anilines is 6. The number of cyclic esters (lactones) is 1. The molecule has 0 bridgehead atoms. The van der Waals surface area contributed by atoms with Crippen LogP contribution in [0.25, 0.3) is 33.1 Å². The molecular formula is C50H34N2O4. The molecule has 6 nitrogen and oxygen atoms in total. The molecule has 2 aliphatic rings. The SMILES string of the molecule is O=C1OC(c2ccc(N(c3ccccc3)c3ccccc3)c3ccccc23)=C2C1=C(c1ccc(N(c3ccccc3)c3ccccc3)c3ccccc13)OC2O. The Kier molecular flexibility index (Phi) is 8.16. The van der Waals surface area contributed by atoms with E-state index in [-0.39, 0.29) is 5.57 Å². The summed E-state index contributed by atoms with van der Waals surface area (Å²) in [5.41, 5.74) is 7.90. The molecule has 0 aliphatic carbocycles. The summed E-state index contributed by atoms with van der Waals surface area (Å²) >= 11 is 0. The van der Waals surface area contributed by atoms with Crippen LogP contribution >= 0.6 is 0 Å². The number of esters is 1. The van der Waals surface area contributed by atoms with E-state index in [2.05, 4.69) is 70.5 Å². The third kappa shape index (κ3) is 5.51. The van der Waals surface area contributed by atoms with Crippen molar-refractivity contribution in [1.82, 2.24) is 0 Å². The fourth-order valence-electron chi connectivity index (χ4n) is 8.02. The molecule has 56 heavy (non-hydrogen) atoms. The van der Waals surface area contributed by atoms with E-state index < -0.39 is 12.3 Å². The number of hydrogen-bond donors (Lipinski definition) is 1. The fourth-order valence-corrected chi connectivity index (χ4v) is 8.02. The van der Waals surface area contributed by atoms with E-state index in [0.29, 0.717) is 28.2 Å². The summed E-state index contributed by atoms with van der Waals surface area (Å²) < 4.78 is 12.4. The maximum Gasteiger partial charge on any atom is 0.348 e. The molecule has 1 unspecified atom stereocenters. The van der Waals surface area contributed by atoms with Gasteiger partial charge >= 0.3 is 5.97 Å². The highest BCUT2D eigenvalue weighted by Crippen LogP contribution is 2.50. The number of fused-ring (bicyclic) bond motifs is 3. The summed E-state index contributed by atoms with van der Waals surface area (Å²) in [5, 5.41) is 15.3. The van der Waals surface area contributed by atoms with Gasteiger partial charge in [0.1, 0.15) is 17.1 Å². The largest absolute Gasteiger partial charge is 0.459 e. The Morgan fingerprint density at radius 2 is 0.768 bits per heavy atom. The predicted molar refractivity (Wildman–Crippen MR) is 224 cm³/mol. The number of para-hydroxylation sites is 4. The van der Waals surface area contributed by atoms with E-state index >= 15 is 0 Å². The van der Waals surface area contributed by atoms with Crippen LogP contribution in [-0.4, -0.2) is 17.4 Å². The molecule has 268 valence electrons. The summed E-state index contributed by atoms with van der Waals surface area (Å²) in [6, 6.07) is 65.1. The standard InChI is InChI=1S/C50H34N2O4/c53-49-45-46(48(56-49)42-30-32-44(40-28-16-14-26-38(40)42)52(35-21-9-3-10-22-35)36-23-11-4-12-24-36)50(54)55-47(45)41-29-31-43(39-27-15-13-25-37(39)41)51(33-17-5-1-6-18-33)34-19-7-2-8-20-34/h1-32,49,53H. The molecule has 8 aromatic carbocycles. The molecule has 1 N–H and O–H groups in total. The van der Waals surface area contributed by atoms with Crippen molar-refractivity contribution < 1.29 is 19.4 Å². The molecule has 2 aliphatic heterocycles. The average molecular weight is 727 g/mol. The van der Waals surface area contributed by atoms with Crippen molar-refractivity contribution in [3.8, 4) is 0 Å². The summed E-state index contributed by atoms with van der Waals surface area (Å²) in [7, 11) is 0. The van der Waals surface area contributed by atoms with Crippen LogP contribution in [0.4, 0.5) is 34.1 Å². The first kappa shape index (κ1) is 33.2. The zero-order valence-electron chi connectivity index (χ0n) is 30.1. The third-order valence-corrected chi connectivity index (χ3v) is 10.4. The van der Waals surface area contributed by atoms with Crippen LogP contribution in [0.1, 0.15) is 11.1 Å². The predicted octanol–water partition coefficient (Wildman–Crippen LogP) is 12.0. The normalized spacial score (nSPS) is 14.9. The van der Waals surface area contributed by atoms with Gasteiger partial charge in [-0.3, -0.25) is 0 Å². The van der Waals surface area contributed by atoms with Gasteiger partial charge in [-0.1, -0.05) is 121 Å². The first-order valence-electron chi connectivity index (χ1n) is 18.6. The summed E-state index contributed by atoms with van der Waals surface area (Å²) in [6.07, 6.45) is -1.41. The molecule has 0 amide bonds. The molecule has 0 saturated heterocycles. The Labute approximate surface area is 324 Å². The molecule has 10 rings (SSSR count). The Bertz CT molecular complexity index is 2760. The van der Waals surface area contributed by atoms with Crippen molar-refractivity contribution in [2.45, 2.75) is 6.29 Å². The summed E-state index contributed by atoms with van der Waals surface area (Å²) in [4.78, 5) is 18.4. The lowest BCUT2D eigenvalue weighted by Crippen LogP contribution is -2.11.